The highest BCUT2D eigenvalue weighted by atomic mass is 16.7. The first-order chi connectivity index (χ1) is 18.2. The Morgan fingerprint density at radius 2 is 1.43 bits per heavy atom. The van der Waals surface area contributed by atoms with Crippen LogP contribution in [0.15, 0.2) is 60.7 Å². The number of carbonyl (C=O) groups excluding carboxylic acids is 1. The molecular formula is C33H45NO3. The van der Waals surface area contributed by atoms with Gasteiger partial charge in [0.1, 0.15) is 5.75 Å². The summed E-state index contributed by atoms with van der Waals surface area (Å²) in [6.45, 7) is 6.77. The summed E-state index contributed by atoms with van der Waals surface area (Å²) in [6.07, 6.45) is 14.0. The molecule has 0 radical (unpaired) electrons. The van der Waals surface area contributed by atoms with E-state index in [4.69, 9.17) is 9.57 Å². The molecule has 0 aliphatic rings. The van der Waals surface area contributed by atoms with Crippen molar-refractivity contribution in [3.05, 3.63) is 66.2 Å². The molecule has 0 spiro atoms. The lowest BCUT2D eigenvalue weighted by Gasteiger charge is -2.19. The number of amides is 1. The van der Waals surface area contributed by atoms with Crippen molar-refractivity contribution in [2.24, 2.45) is 0 Å². The van der Waals surface area contributed by atoms with Crippen molar-refractivity contribution in [2.75, 3.05) is 6.61 Å². The molecule has 4 heteroatoms. The van der Waals surface area contributed by atoms with Crippen molar-refractivity contribution >= 4 is 16.7 Å². The summed E-state index contributed by atoms with van der Waals surface area (Å²) in [5.41, 5.74) is 5.08. The number of nitrogens with one attached hydrogen (secondary N) is 1. The zero-order valence-corrected chi connectivity index (χ0v) is 23.1. The highest BCUT2D eigenvalue weighted by molar-refractivity contribution is 6.13. The molecule has 3 aromatic rings. The standard InChI is InChI=1S/C33H45NO3/c1-4-6-7-8-9-10-11-12-13-15-20-26(3)37-34-33(35)32-29-24-19-18-23-28(29)25-30(36-5-2)31(32)27-21-16-14-17-22-27/h14,16-19,21-26H,4-13,15,20H2,1-3H3,(H,34,35). The Kier molecular flexibility index (Phi) is 12.5. The molecule has 1 N–H and O–H groups in total. The summed E-state index contributed by atoms with van der Waals surface area (Å²) in [7, 11) is 0. The van der Waals surface area contributed by atoms with E-state index in [1.54, 1.807) is 0 Å². The van der Waals surface area contributed by atoms with Crippen LogP contribution in [0.2, 0.25) is 0 Å². The van der Waals surface area contributed by atoms with Crippen LogP contribution in [0.4, 0.5) is 0 Å². The normalized spacial score (nSPS) is 12.0. The van der Waals surface area contributed by atoms with Crippen molar-refractivity contribution in [3.8, 4) is 16.9 Å². The van der Waals surface area contributed by atoms with Gasteiger partial charge in [0.25, 0.3) is 5.91 Å². The predicted octanol–water partition coefficient (Wildman–Crippen LogP) is 9.27. The molecule has 1 amide bonds. The molecule has 0 fully saturated rings. The van der Waals surface area contributed by atoms with Crippen LogP contribution in [0.1, 0.15) is 102 Å². The van der Waals surface area contributed by atoms with Gasteiger partial charge in [-0.25, -0.2) is 5.48 Å². The Balaban J connectivity index is 1.59. The van der Waals surface area contributed by atoms with Crippen LogP contribution >= 0.6 is 0 Å². The third-order valence-corrected chi connectivity index (χ3v) is 6.92. The lowest BCUT2D eigenvalue weighted by atomic mass is 9.92. The molecule has 1 atom stereocenters. The molecule has 1 unspecified atom stereocenters. The zero-order chi connectivity index (χ0) is 26.3. The summed E-state index contributed by atoms with van der Waals surface area (Å²) in [4.78, 5) is 19.4. The summed E-state index contributed by atoms with van der Waals surface area (Å²) in [6, 6.07) is 19.9. The number of benzene rings is 3. The predicted molar refractivity (Wildman–Crippen MR) is 155 cm³/mol. The smallest absolute Gasteiger partial charge is 0.276 e. The van der Waals surface area contributed by atoms with Gasteiger partial charge in [-0.2, -0.15) is 0 Å². The molecule has 0 heterocycles. The number of carbonyl (C=O) groups is 1. The first kappa shape index (κ1) is 28.7. The Morgan fingerprint density at radius 1 is 0.811 bits per heavy atom. The van der Waals surface area contributed by atoms with Crippen molar-refractivity contribution in [1.29, 1.82) is 0 Å². The van der Waals surface area contributed by atoms with Gasteiger partial charge in [-0.3, -0.25) is 9.63 Å². The summed E-state index contributed by atoms with van der Waals surface area (Å²) in [5, 5.41) is 1.85. The monoisotopic (exact) mass is 503 g/mol. The van der Waals surface area contributed by atoms with Crippen LogP contribution in [0.5, 0.6) is 5.75 Å². The fourth-order valence-electron chi connectivity index (χ4n) is 4.90. The quantitative estimate of drug-likeness (QED) is 0.147. The maximum absolute atomic E-state index is 13.6. The Morgan fingerprint density at radius 3 is 2.11 bits per heavy atom. The molecule has 4 nitrogen and oxygen atoms in total. The Hall–Kier alpha value is -2.85. The minimum absolute atomic E-state index is 0.0421. The summed E-state index contributed by atoms with van der Waals surface area (Å²) < 4.78 is 6.01. The van der Waals surface area contributed by atoms with Gasteiger partial charge in [0.2, 0.25) is 0 Å². The van der Waals surface area contributed by atoms with Crippen LogP contribution in [-0.2, 0) is 4.84 Å². The maximum atomic E-state index is 13.6. The lowest BCUT2D eigenvalue weighted by molar-refractivity contribution is -0.0118. The number of hydroxylamine groups is 1. The minimum atomic E-state index is -0.244. The van der Waals surface area contributed by atoms with Gasteiger partial charge in [0.15, 0.2) is 0 Å². The molecule has 0 saturated carbocycles. The topological polar surface area (TPSA) is 47.6 Å². The molecule has 3 aromatic carbocycles. The molecule has 200 valence electrons. The molecule has 37 heavy (non-hydrogen) atoms. The van der Waals surface area contributed by atoms with Gasteiger partial charge >= 0.3 is 0 Å². The second-order valence-electron chi connectivity index (χ2n) is 9.98. The third kappa shape index (κ3) is 8.89. The van der Waals surface area contributed by atoms with Crippen molar-refractivity contribution in [1.82, 2.24) is 5.48 Å². The largest absolute Gasteiger partial charge is 0.493 e. The van der Waals surface area contributed by atoms with E-state index in [-0.39, 0.29) is 12.0 Å². The Bertz CT molecular complexity index is 1080. The van der Waals surface area contributed by atoms with E-state index in [9.17, 15) is 4.79 Å². The van der Waals surface area contributed by atoms with E-state index >= 15 is 0 Å². The summed E-state index contributed by atoms with van der Waals surface area (Å²) >= 11 is 0. The van der Waals surface area contributed by atoms with Gasteiger partial charge in [-0.1, -0.05) is 126 Å². The molecule has 0 aliphatic heterocycles. The fourth-order valence-corrected chi connectivity index (χ4v) is 4.90. The number of hydrogen-bond acceptors (Lipinski definition) is 3. The number of rotatable bonds is 17. The van der Waals surface area contributed by atoms with Gasteiger partial charge < -0.3 is 4.74 Å². The minimum Gasteiger partial charge on any atom is -0.493 e. The van der Waals surface area contributed by atoms with Gasteiger partial charge in [0.05, 0.1) is 18.3 Å². The van der Waals surface area contributed by atoms with Crippen molar-refractivity contribution in [2.45, 2.75) is 97.5 Å². The molecule has 0 bridgehead atoms. The number of fused-ring (bicyclic) bond motifs is 1. The molecular weight excluding hydrogens is 458 g/mol. The molecule has 0 saturated heterocycles. The van der Waals surface area contributed by atoms with Crippen LogP contribution in [0.3, 0.4) is 0 Å². The zero-order valence-electron chi connectivity index (χ0n) is 23.1. The number of ether oxygens (including phenoxy) is 1. The Labute approximate surface area is 223 Å². The third-order valence-electron chi connectivity index (χ3n) is 6.92. The molecule has 0 aliphatic carbocycles. The van der Waals surface area contributed by atoms with Crippen LogP contribution in [0.25, 0.3) is 21.9 Å². The molecule has 3 rings (SSSR count). The second kappa shape index (κ2) is 16.1. The van der Waals surface area contributed by atoms with Crippen LogP contribution in [-0.4, -0.2) is 18.6 Å². The average Bonchev–Trinajstić information content (AvgIpc) is 2.92. The number of unbranched alkanes of at least 4 members (excludes halogenated alkanes) is 9. The highest BCUT2D eigenvalue weighted by Crippen LogP contribution is 2.39. The van der Waals surface area contributed by atoms with E-state index in [0.717, 1.165) is 34.7 Å². The summed E-state index contributed by atoms with van der Waals surface area (Å²) in [5.74, 6) is 0.461. The van der Waals surface area contributed by atoms with E-state index in [1.165, 1.54) is 57.8 Å². The second-order valence-corrected chi connectivity index (χ2v) is 9.98. The van der Waals surface area contributed by atoms with Crippen LogP contribution < -0.4 is 10.2 Å². The lowest BCUT2D eigenvalue weighted by Crippen LogP contribution is -2.29. The first-order valence-electron chi connectivity index (χ1n) is 14.4. The van der Waals surface area contributed by atoms with Crippen LogP contribution in [0, 0.1) is 0 Å². The van der Waals surface area contributed by atoms with Crippen molar-refractivity contribution in [3.63, 3.8) is 0 Å². The van der Waals surface area contributed by atoms with Gasteiger partial charge in [-0.15, -0.1) is 0 Å². The van der Waals surface area contributed by atoms with E-state index in [2.05, 4.69) is 12.4 Å². The maximum Gasteiger partial charge on any atom is 0.276 e. The van der Waals surface area contributed by atoms with E-state index in [1.807, 2.05) is 74.5 Å². The van der Waals surface area contributed by atoms with E-state index < -0.39 is 0 Å². The van der Waals surface area contributed by atoms with Gasteiger partial charge in [0, 0.05) is 5.56 Å². The highest BCUT2D eigenvalue weighted by Gasteiger charge is 2.22. The molecule has 0 aromatic heterocycles. The van der Waals surface area contributed by atoms with E-state index in [0.29, 0.717) is 17.9 Å². The van der Waals surface area contributed by atoms with Gasteiger partial charge in [-0.05, 0) is 42.7 Å². The first-order valence-corrected chi connectivity index (χ1v) is 14.4. The van der Waals surface area contributed by atoms with Crippen molar-refractivity contribution < 1.29 is 14.4 Å². The fraction of sp³-hybridized carbons (Fsp3) is 0.485. The average molecular weight is 504 g/mol. The SMILES string of the molecule is CCCCCCCCCCCCC(C)ONC(=O)c1c(-c2ccccc2)c(OCC)cc2ccccc12. The number of hydrogen-bond donors (Lipinski definition) is 1.